The van der Waals surface area contributed by atoms with Gasteiger partial charge in [0.15, 0.2) is 0 Å². The van der Waals surface area contributed by atoms with E-state index >= 15 is 0 Å². The van der Waals surface area contributed by atoms with Crippen LogP contribution in [-0.4, -0.2) is 11.1 Å². The zero-order valence-electron chi connectivity index (χ0n) is 14.2. The summed E-state index contributed by atoms with van der Waals surface area (Å²) in [6, 6.07) is 18.5. The smallest absolute Gasteiger partial charge is 0.135 e. The van der Waals surface area contributed by atoms with E-state index in [0.717, 1.165) is 16.9 Å². The number of halogens is 3. The fourth-order valence-electron chi connectivity index (χ4n) is 2.62. The second-order valence-electron chi connectivity index (χ2n) is 5.92. The lowest BCUT2D eigenvalue weighted by atomic mass is 10.0. The number of rotatable bonds is 6. The van der Waals surface area contributed by atoms with Gasteiger partial charge in [-0.1, -0.05) is 53.5 Å². The van der Waals surface area contributed by atoms with Gasteiger partial charge in [0.2, 0.25) is 0 Å². The van der Waals surface area contributed by atoms with Crippen molar-refractivity contribution in [3.8, 4) is 11.3 Å². The average molecular weight is 413 g/mol. The molecule has 0 saturated carbocycles. The van der Waals surface area contributed by atoms with Crippen molar-refractivity contribution in [3.05, 3.63) is 82.0 Å². The number of furan rings is 1. The summed E-state index contributed by atoms with van der Waals surface area (Å²) in [4.78, 5) is 0. The second-order valence-corrected chi connectivity index (χ2v) is 6.76. The Balaban J connectivity index is 0.00000243. The predicted octanol–water partition coefficient (Wildman–Crippen LogP) is 5.89. The molecule has 0 spiro atoms. The number of hydrogen-bond acceptors (Lipinski definition) is 3. The molecule has 0 radical (unpaired) electrons. The minimum absolute atomic E-state index is 0. The summed E-state index contributed by atoms with van der Waals surface area (Å²) in [5.41, 5.74) is 1.64. The van der Waals surface area contributed by atoms with Crippen molar-refractivity contribution in [1.82, 2.24) is 5.32 Å². The molecule has 1 aromatic heterocycles. The molecule has 26 heavy (non-hydrogen) atoms. The molecule has 2 atom stereocenters. The lowest BCUT2D eigenvalue weighted by Gasteiger charge is -2.20. The van der Waals surface area contributed by atoms with Crippen LogP contribution >= 0.6 is 35.6 Å². The molecule has 2 aromatic carbocycles. The molecule has 0 saturated heterocycles. The van der Waals surface area contributed by atoms with E-state index in [4.69, 9.17) is 27.6 Å². The Bertz CT molecular complexity index is 836. The zero-order chi connectivity index (χ0) is 17.8. The molecule has 6 heteroatoms. The molecular formula is C20H20Cl3NO2. The lowest BCUT2D eigenvalue weighted by molar-refractivity contribution is 0.134. The van der Waals surface area contributed by atoms with Crippen LogP contribution in [-0.2, 0) is 6.54 Å². The minimum atomic E-state index is -0.585. The van der Waals surface area contributed by atoms with Crippen molar-refractivity contribution >= 4 is 35.6 Å². The summed E-state index contributed by atoms with van der Waals surface area (Å²) >= 11 is 12.2. The third-order valence-electron chi connectivity index (χ3n) is 4.07. The van der Waals surface area contributed by atoms with Crippen LogP contribution < -0.4 is 5.32 Å². The van der Waals surface area contributed by atoms with Crippen LogP contribution in [0.5, 0.6) is 0 Å². The lowest BCUT2D eigenvalue weighted by Crippen LogP contribution is -2.31. The Hall–Kier alpha value is -1.49. The van der Waals surface area contributed by atoms with Crippen LogP contribution in [0.1, 0.15) is 24.4 Å². The monoisotopic (exact) mass is 411 g/mol. The number of aliphatic hydroxyl groups is 1. The van der Waals surface area contributed by atoms with E-state index in [2.05, 4.69) is 5.32 Å². The first-order valence-corrected chi connectivity index (χ1v) is 8.80. The predicted molar refractivity (Wildman–Crippen MR) is 109 cm³/mol. The summed E-state index contributed by atoms with van der Waals surface area (Å²) in [5.74, 6) is 1.43. The summed E-state index contributed by atoms with van der Waals surface area (Å²) < 4.78 is 5.85. The van der Waals surface area contributed by atoms with Crippen molar-refractivity contribution in [2.24, 2.45) is 0 Å². The quantitative estimate of drug-likeness (QED) is 0.531. The third kappa shape index (κ3) is 5.03. The van der Waals surface area contributed by atoms with E-state index in [1.807, 2.05) is 49.4 Å². The molecule has 0 aliphatic rings. The first-order valence-electron chi connectivity index (χ1n) is 8.05. The Labute approximate surface area is 169 Å². The standard InChI is InChI=1S/C20H19Cl2NO2.ClH/c1-13(20(24)14-5-3-2-4-6-14)23-12-16-8-10-19(25-16)17-11-15(21)7-9-18(17)22;/h2-11,13,20,23-24H,12H2,1H3;1H. The molecule has 0 fully saturated rings. The molecular weight excluding hydrogens is 393 g/mol. The number of nitrogens with one attached hydrogen (secondary N) is 1. The van der Waals surface area contributed by atoms with Gasteiger partial charge in [0, 0.05) is 16.6 Å². The van der Waals surface area contributed by atoms with Gasteiger partial charge >= 0.3 is 0 Å². The highest BCUT2D eigenvalue weighted by Crippen LogP contribution is 2.31. The first kappa shape index (κ1) is 20.8. The summed E-state index contributed by atoms with van der Waals surface area (Å²) in [5, 5.41) is 14.9. The van der Waals surface area contributed by atoms with Gasteiger partial charge in [-0.3, -0.25) is 0 Å². The Morgan fingerprint density at radius 2 is 1.77 bits per heavy atom. The summed E-state index contributed by atoms with van der Waals surface area (Å²) in [7, 11) is 0. The maximum absolute atomic E-state index is 10.4. The van der Waals surface area contributed by atoms with Crippen molar-refractivity contribution in [3.63, 3.8) is 0 Å². The second kappa shape index (κ2) is 9.45. The van der Waals surface area contributed by atoms with Gasteiger partial charge in [-0.15, -0.1) is 12.4 Å². The minimum Gasteiger partial charge on any atom is -0.460 e. The van der Waals surface area contributed by atoms with E-state index in [-0.39, 0.29) is 18.4 Å². The molecule has 2 N–H and O–H groups in total. The molecule has 138 valence electrons. The van der Waals surface area contributed by atoms with E-state index in [0.29, 0.717) is 22.4 Å². The Kier molecular flexibility index (Phi) is 7.56. The van der Waals surface area contributed by atoms with Gasteiger partial charge in [0.25, 0.3) is 0 Å². The molecule has 3 nitrogen and oxygen atoms in total. The third-order valence-corrected chi connectivity index (χ3v) is 4.63. The van der Waals surface area contributed by atoms with Gasteiger partial charge < -0.3 is 14.8 Å². The normalized spacial score (nSPS) is 13.1. The van der Waals surface area contributed by atoms with Gasteiger partial charge in [0.1, 0.15) is 11.5 Å². The fourth-order valence-corrected chi connectivity index (χ4v) is 3.00. The average Bonchev–Trinajstić information content (AvgIpc) is 3.10. The van der Waals surface area contributed by atoms with Crippen LogP contribution in [0.15, 0.2) is 65.1 Å². The highest BCUT2D eigenvalue weighted by Gasteiger charge is 2.16. The molecule has 0 bridgehead atoms. The van der Waals surface area contributed by atoms with Crippen molar-refractivity contribution in [1.29, 1.82) is 0 Å². The zero-order valence-corrected chi connectivity index (χ0v) is 16.5. The van der Waals surface area contributed by atoms with Gasteiger partial charge in [-0.05, 0) is 42.8 Å². The topological polar surface area (TPSA) is 45.4 Å². The molecule has 2 unspecified atom stereocenters. The first-order chi connectivity index (χ1) is 12.0. The van der Waals surface area contributed by atoms with Crippen LogP contribution in [0, 0.1) is 0 Å². The fraction of sp³-hybridized carbons (Fsp3) is 0.200. The largest absolute Gasteiger partial charge is 0.460 e. The highest BCUT2D eigenvalue weighted by molar-refractivity contribution is 6.35. The summed E-state index contributed by atoms with van der Waals surface area (Å²) in [6.07, 6.45) is -0.585. The molecule has 1 heterocycles. The number of benzene rings is 2. The van der Waals surface area contributed by atoms with Crippen LogP contribution in [0.3, 0.4) is 0 Å². The highest BCUT2D eigenvalue weighted by atomic mass is 35.5. The molecule has 0 aliphatic heterocycles. The van der Waals surface area contributed by atoms with Crippen molar-refractivity contribution in [2.45, 2.75) is 25.6 Å². The van der Waals surface area contributed by atoms with Gasteiger partial charge in [-0.25, -0.2) is 0 Å². The van der Waals surface area contributed by atoms with E-state index in [1.165, 1.54) is 0 Å². The van der Waals surface area contributed by atoms with E-state index in [1.54, 1.807) is 18.2 Å². The van der Waals surface area contributed by atoms with E-state index < -0.39 is 6.10 Å². The molecule has 3 aromatic rings. The maximum Gasteiger partial charge on any atom is 0.135 e. The number of hydrogen-bond donors (Lipinski definition) is 2. The summed E-state index contributed by atoms with van der Waals surface area (Å²) in [6.45, 7) is 2.44. The SMILES string of the molecule is CC(NCc1ccc(-c2cc(Cl)ccc2Cl)o1)C(O)c1ccccc1.Cl. The molecule has 0 amide bonds. The Morgan fingerprint density at radius 3 is 2.50 bits per heavy atom. The molecule has 3 rings (SSSR count). The number of aliphatic hydroxyl groups excluding tert-OH is 1. The van der Waals surface area contributed by atoms with Gasteiger partial charge in [0.05, 0.1) is 17.7 Å². The van der Waals surface area contributed by atoms with Gasteiger partial charge in [-0.2, -0.15) is 0 Å². The van der Waals surface area contributed by atoms with Crippen LogP contribution in [0.4, 0.5) is 0 Å². The van der Waals surface area contributed by atoms with Crippen molar-refractivity contribution < 1.29 is 9.52 Å². The maximum atomic E-state index is 10.4. The van der Waals surface area contributed by atoms with Crippen LogP contribution in [0.2, 0.25) is 10.0 Å². The molecule has 0 aliphatic carbocycles. The van der Waals surface area contributed by atoms with Crippen molar-refractivity contribution in [2.75, 3.05) is 0 Å². The van der Waals surface area contributed by atoms with E-state index in [9.17, 15) is 5.11 Å². The Morgan fingerprint density at radius 1 is 1.04 bits per heavy atom. The van der Waals surface area contributed by atoms with Crippen LogP contribution in [0.25, 0.3) is 11.3 Å².